The summed E-state index contributed by atoms with van der Waals surface area (Å²) in [5.74, 6) is -0.409. The highest BCUT2D eigenvalue weighted by molar-refractivity contribution is 7.88. The summed E-state index contributed by atoms with van der Waals surface area (Å²) in [7, 11) is -3.25. The predicted molar refractivity (Wildman–Crippen MR) is 85.5 cm³/mol. The van der Waals surface area contributed by atoms with E-state index in [1.807, 2.05) is 34.6 Å². The second-order valence-electron chi connectivity index (χ2n) is 6.51. The molecule has 5 nitrogen and oxygen atoms in total. The van der Waals surface area contributed by atoms with Gasteiger partial charge in [-0.2, -0.15) is 4.31 Å². The molecular formula is C15H31NO4S. The summed E-state index contributed by atoms with van der Waals surface area (Å²) >= 11 is 0. The molecule has 0 aliphatic rings. The molecule has 1 unspecified atom stereocenters. The monoisotopic (exact) mass is 321 g/mol. The molecule has 0 fully saturated rings. The number of rotatable bonds is 9. The van der Waals surface area contributed by atoms with Gasteiger partial charge in [-0.05, 0) is 18.3 Å². The zero-order valence-electron chi connectivity index (χ0n) is 14.3. The number of nitrogens with zero attached hydrogens (tertiary/aromatic N) is 1. The van der Waals surface area contributed by atoms with E-state index in [9.17, 15) is 13.2 Å². The van der Waals surface area contributed by atoms with Gasteiger partial charge in [0.25, 0.3) is 0 Å². The number of ether oxygens (including phenoxy) is 1. The average Bonchev–Trinajstić information content (AvgIpc) is 2.30. The number of carbonyl (C=O) groups excluding carboxylic acids is 1. The van der Waals surface area contributed by atoms with Crippen LogP contribution in [0.5, 0.6) is 0 Å². The number of sulfonamides is 1. The third kappa shape index (κ3) is 7.81. The molecule has 0 aromatic carbocycles. The number of hydrogen-bond acceptors (Lipinski definition) is 4. The Kier molecular flexibility index (Phi) is 8.48. The first-order valence-corrected chi connectivity index (χ1v) is 9.50. The third-order valence-corrected chi connectivity index (χ3v) is 4.86. The molecule has 0 aliphatic carbocycles. The molecule has 0 aliphatic heterocycles. The second-order valence-corrected chi connectivity index (χ2v) is 8.49. The fourth-order valence-electron chi connectivity index (χ4n) is 2.26. The van der Waals surface area contributed by atoms with Crippen molar-refractivity contribution >= 4 is 16.0 Å². The van der Waals surface area contributed by atoms with Crippen LogP contribution in [0, 0.1) is 11.3 Å². The maximum absolute atomic E-state index is 12.1. The van der Waals surface area contributed by atoms with Gasteiger partial charge in [0.15, 0.2) is 0 Å². The van der Waals surface area contributed by atoms with Crippen LogP contribution in [-0.2, 0) is 19.6 Å². The third-order valence-electron chi connectivity index (χ3n) is 3.55. The minimum absolute atomic E-state index is 0.113. The quantitative estimate of drug-likeness (QED) is 0.612. The number of carbonyl (C=O) groups is 1. The Morgan fingerprint density at radius 1 is 1.19 bits per heavy atom. The van der Waals surface area contributed by atoms with Gasteiger partial charge < -0.3 is 4.74 Å². The molecule has 6 heteroatoms. The van der Waals surface area contributed by atoms with Crippen molar-refractivity contribution in [2.45, 2.75) is 53.9 Å². The van der Waals surface area contributed by atoms with Gasteiger partial charge in [-0.1, -0.05) is 41.0 Å². The smallest absolute Gasteiger partial charge is 0.309 e. The predicted octanol–water partition coefficient (Wildman–Crippen LogP) is 2.66. The van der Waals surface area contributed by atoms with E-state index in [0.717, 1.165) is 12.8 Å². The van der Waals surface area contributed by atoms with Crippen LogP contribution < -0.4 is 0 Å². The van der Waals surface area contributed by atoms with E-state index >= 15 is 0 Å². The highest BCUT2D eigenvalue weighted by Gasteiger charge is 2.31. The first-order chi connectivity index (χ1) is 9.54. The van der Waals surface area contributed by atoms with Gasteiger partial charge in [-0.15, -0.1) is 0 Å². The number of unbranched alkanes of at least 4 members (excludes halogenated alkanes) is 1. The SMILES string of the molecule is CCCCN(CCOC(=O)C(CC)C(C)(C)C)S(C)(=O)=O. The van der Waals surface area contributed by atoms with Gasteiger partial charge in [-0.25, -0.2) is 8.42 Å². The molecule has 126 valence electrons. The maximum Gasteiger partial charge on any atom is 0.309 e. The highest BCUT2D eigenvalue weighted by atomic mass is 32.2. The molecule has 0 N–H and O–H groups in total. The largest absolute Gasteiger partial charge is 0.464 e. The van der Waals surface area contributed by atoms with Crippen LogP contribution in [0.2, 0.25) is 0 Å². The molecular weight excluding hydrogens is 290 g/mol. The van der Waals surface area contributed by atoms with Crippen LogP contribution in [0.1, 0.15) is 53.9 Å². The molecule has 1 atom stereocenters. The summed E-state index contributed by atoms with van der Waals surface area (Å²) in [6.07, 6.45) is 3.64. The Morgan fingerprint density at radius 2 is 1.76 bits per heavy atom. The van der Waals surface area contributed by atoms with Crippen LogP contribution in [-0.4, -0.2) is 44.6 Å². The summed E-state index contributed by atoms with van der Waals surface area (Å²) in [5.41, 5.74) is -0.148. The van der Waals surface area contributed by atoms with E-state index in [1.165, 1.54) is 10.6 Å². The zero-order valence-corrected chi connectivity index (χ0v) is 15.1. The Morgan fingerprint density at radius 3 is 2.14 bits per heavy atom. The van der Waals surface area contributed by atoms with E-state index in [4.69, 9.17) is 4.74 Å². The first-order valence-electron chi connectivity index (χ1n) is 7.65. The standard InChI is InChI=1S/C15H31NO4S/c1-7-9-10-16(21(6,18)19)11-12-20-14(17)13(8-2)15(3,4)5/h13H,7-12H2,1-6H3. The summed E-state index contributed by atoms with van der Waals surface area (Å²) in [5, 5.41) is 0. The number of esters is 1. The van der Waals surface area contributed by atoms with Crippen LogP contribution in [0.4, 0.5) is 0 Å². The lowest BCUT2D eigenvalue weighted by Gasteiger charge is -2.28. The molecule has 0 rings (SSSR count). The van der Waals surface area contributed by atoms with Crippen molar-refractivity contribution in [3.63, 3.8) is 0 Å². The van der Waals surface area contributed by atoms with Gasteiger partial charge in [0.2, 0.25) is 10.0 Å². The Hall–Kier alpha value is -0.620. The van der Waals surface area contributed by atoms with Crippen molar-refractivity contribution in [3.8, 4) is 0 Å². The lowest BCUT2D eigenvalue weighted by atomic mass is 9.79. The van der Waals surface area contributed by atoms with Gasteiger partial charge >= 0.3 is 5.97 Å². The Balaban J connectivity index is 4.47. The second kappa shape index (κ2) is 8.73. The van der Waals surface area contributed by atoms with Crippen molar-refractivity contribution in [3.05, 3.63) is 0 Å². The molecule has 0 spiro atoms. The number of hydrogen-bond donors (Lipinski definition) is 0. The van der Waals surface area contributed by atoms with Gasteiger partial charge in [-0.3, -0.25) is 4.79 Å². The molecule has 0 aromatic heterocycles. The highest BCUT2D eigenvalue weighted by Crippen LogP contribution is 2.29. The summed E-state index contributed by atoms with van der Waals surface area (Å²) in [6, 6.07) is 0. The molecule has 0 saturated carbocycles. The van der Waals surface area contributed by atoms with Crippen LogP contribution in [0.3, 0.4) is 0 Å². The maximum atomic E-state index is 12.1. The van der Waals surface area contributed by atoms with Crippen LogP contribution in [0.15, 0.2) is 0 Å². The average molecular weight is 321 g/mol. The molecule has 0 aromatic rings. The van der Waals surface area contributed by atoms with Crippen molar-refractivity contribution in [1.29, 1.82) is 0 Å². The van der Waals surface area contributed by atoms with Crippen molar-refractivity contribution in [2.24, 2.45) is 11.3 Å². The molecule has 21 heavy (non-hydrogen) atoms. The van der Waals surface area contributed by atoms with Crippen LogP contribution >= 0.6 is 0 Å². The fourth-order valence-corrected chi connectivity index (χ4v) is 3.13. The van der Waals surface area contributed by atoms with Crippen molar-refractivity contribution in [1.82, 2.24) is 4.31 Å². The normalized spacial score (nSPS) is 14.2. The lowest BCUT2D eigenvalue weighted by molar-refractivity contribution is -0.152. The minimum atomic E-state index is -3.25. The summed E-state index contributed by atoms with van der Waals surface area (Å²) in [4.78, 5) is 12.1. The molecule has 0 amide bonds. The first kappa shape index (κ1) is 20.4. The van der Waals surface area contributed by atoms with Gasteiger partial charge in [0.1, 0.15) is 6.61 Å². The fraction of sp³-hybridized carbons (Fsp3) is 0.933. The molecule has 0 radical (unpaired) electrons. The molecule has 0 heterocycles. The Labute approximate surface area is 130 Å². The summed E-state index contributed by atoms with van der Waals surface area (Å²) in [6.45, 7) is 10.8. The van der Waals surface area contributed by atoms with Gasteiger partial charge in [0.05, 0.1) is 12.2 Å². The molecule has 0 saturated heterocycles. The van der Waals surface area contributed by atoms with E-state index < -0.39 is 10.0 Å². The van der Waals surface area contributed by atoms with E-state index in [1.54, 1.807) is 0 Å². The summed E-state index contributed by atoms with van der Waals surface area (Å²) < 4.78 is 30.0. The van der Waals surface area contributed by atoms with Crippen molar-refractivity contribution < 1.29 is 17.9 Å². The topological polar surface area (TPSA) is 63.7 Å². The molecule has 0 bridgehead atoms. The zero-order chi connectivity index (χ0) is 16.7. The minimum Gasteiger partial charge on any atom is -0.464 e. The van der Waals surface area contributed by atoms with E-state index in [2.05, 4.69) is 0 Å². The van der Waals surface area contributed by atoms with E-state index in [0.29, 0.717) is 13.0 Å². The lowest BCUT2D eigenvalue weighted by Crippen LogP contribution is -2.36. The van der Waals surface area contributed by atoms with Gasteiger partial charge in [0, 0.05) is 13.1 Å². The van der Waals surface area contributed by atoms with Crippen molar-refractivity contribution in [2.75, 3.05) is 26.0 Å². The van der Waals surface area contributed by atoms with Crippen LogP contribution in [0.25, 0.3) is 0 Å². The van der Waals surface area contributed by atoms with E-state index in [-0.39, 0.29) is 30.5 Å². The Bertz CT molecular complexity index is 412.